The number of nitrogens with one attached hydrogen (secondary N) is 9. The molecule has 0 bridgehead atoms. The third-order valence-corrected chi connectivity index (χ3v) is 12.9. The number of unbranched alkanes of at least 4 members (excludes halogenated alkanes) is 2. The van der Waals surface area contributed by atoms with Crippen LogP contribution in [0.4, 0.5) is 0 Å². The van der Waals surface area contributed by atoms with Crippen molar-refractivity contribution in [2.45, 2.75) is 172 Å². The van der Waals surface area contributed by atoms with Gasteiger partial charge >= 0.3 is 0 Å². The summed E-state index contributed by atoms with van der Waals surface area (Å²) < 4.78 is 0. The van der Waals surface area contributed by atoms with Gasteiger partial charge in [-0.2, -0.15) is 0 Å². The Hall–Kier alpha value is -9.11. The number of nitrogens with zero attached hydrogens (tertiary/aromatic N) is 6. The summed E-state index contributed by atoms with van der Waals surface area (Å²) in [6.45, 7) is 3.71. The summed E-state index contributed by atoms with van der Waals surface area (Å²) in [5.41, 5.74) is 74.6. The number of hydrogen-bond donors (Lipinski definition) is 23. The maximum atomic E-state index is 14.5. The van der Waals surface area contributed by atoms with Crippen molar-refractivity contribution in [1.82, 2.24) is 53.0 Å². The minimum atomic E-state index is -1.54. The van der Waals surface area contributed by atoms with Gasteiger partial charge in [0, 0.05) is 46.2 Å². The Kier molecular flexibility index (Phi) is 41.4. The SMILES string of the molecule is CC(=O)N[C@@H](CCCN=C(N)N)C(=O)N[C@@H](C)C(=O)N[C@@H](CCCN=C(N)N)C(=O)NN(CCCN=C(N)N)CC(=O)N[C@@H](CCCN=C(N)N)C(=O)N[C@@H](CCCCN)C(=O)N[C@@H](CCCCN)C(=O)N[C@@H](CCCN=C(N)N)C(=O)N[C@H](C(N)=O)[C@@H](C)O. The van der Waals surface area contributed by atoms with E-state index in [1.807, 2.05) is 0 Å². The monoisotopic (exact) mass is 1280 g/mol. The number of guanidine groups is 5. The molecule has 0 saturated carbocycles. The van der Waals surface area contributed by atoms with Crippen molar-refractivity contribution in [3.63, 3.8) is 0 Å². The molecule has 9 atom stereocenters. The molecule has 10 amide bonds. The lowest BCUT2D eigenvalue weighted by molar-refractivity contribution is -0.136. The van der Waals surface area contributed by atoms with E-state index >= 15 is 0 Å². The molecule has 0 rings (SSSR count). The first-order valence-electron chi connectivity index (χ1n) is 29.5. The fourth-order valence-electron chi connectivity index (χ4n) is 8.33. The third kappa shape index (κ3) is 38.2. The average molecular weight is 1280 g/mol. The van der Waals surface area contributed by atoms with Crippen molar-refractivity contribution in [2.75, 3.05) is 58.9 Å². The Bertz CT molecular complexity index is 2430. The van der Waals surface area contributed by atoms with Crippen LogP contribution in [-0.2, 0) is 47.9 Å². The smallest absolute Gasteiger partial charge is 0.256 e. The van der Waals surface area contributed by atoms with E-state index in [4.69, 9.17) is 74.5 Å². The second-order valence-electron chi connectivity index (χ2n) is 20.9. The number of hydrogen-bond acceptors (Lipinski definition) is 19. The van der Waals surface area contributed by atoms with Gasteiger partial charge in [-0.25, -0.2) is 5.01 Å². The largest absolute Gasteiger partial charge is 0.391 e. The number of carbonyl (C=O) groups excluding carboxylic acids is 10. The molecule has 39 nitrogen and oxygen atoms in total. The summed E-state index contributed by atoms with van der Waals surface area (Å²) in [7, 11) is 0. The van der Waals surface area contributed by atoms with E-state index in [-0.39, 0.29) is 153 Å². The van der Waals surface area contributed by atoms with E-state index in [0.717, 1.165) is 0 Å². The predicted octanol–water partition coefficient (Wildman–Crippen LogP) is -10.8. The van der Waals surface area contributed by atoms with Crippen LogP contribution in [0.15, 0.2) is 25.0 Å². The van der Waals surface area contributed by atoms with Crippen LogP contribution in [0.1, 0.15) is 117 Å². The average Bonchev–Trinajstić information content (AvgIpc) is 3.05. The quantitative estimate of drug-likeness (QED) is 0.0116. The zero-order valence-corrected chi connectivity index (χ0v) is 51.9. The predicted molar refractivity (Wildman–Crippen MR) is 338 cm³/mol. The maximum Gasteiger partial charge on any atom is 0.256 e. The summed E-state index contributed by atoms with van der Waals surface area (Å²) >= 11 is 0. The molecular weight excluding hydrogens is 1180 g/mol. The second-order valence-corrected chi connectivity index (χ2v) is 20.9. The summed E-state index contributed by atoms with van der Waals surface area (Å²) in [6, 6.07) is -10.7. The molecule has 0 aliphatic rings. The Morgan fingerprint density at radius 2 is 0.700 bits per heavy atom. The minimum absolute atomic E-state index is 0.000344. The van der Waals surface area contributed by atoms with Crippen molar-refractivity contribution in [3.05, 3.63) is 0 Å². The van der Waals surface area contributed by atoms with E-state index < -0.39 is 120 Å². The van der Waals surface area contributed by atoms with Gasteiger partial charge in [0.1, 0.15) is 48.3 Å². The van der Waals surface area contributed by atoms with Crippen molar-refractivity contribution < 1.29 is 53.1 Å². The van der Waals surface area contributed by atoms with Crippen LogP contribution in [-0.4, -0.2) is 212 Å². The molecule has 0 radical (unpaired) electrons. The van der Waals surface area contributed by atoms with Gasteiger partial charge in [-0.05, 0) is 123 Å². The molecule has 0 aromatic carbocycles. The van der Waals surface area contributed by atoms with Gasteiger partial charge in [0.05, 0.1) is 12.6 Å². The number of amides is 10. The number of hydrazine groups is 1. The lowest BCUT2D eigenvalue weighted by Gasteiger charge is -2.28. The van der Waals surface area contributed by atoms with Crippen molar-refractivity contribution >= 4 is 88.9 Å². The molecule has 0 fully saturated rings. The molecular formula is C51H102N28O11. The molecule has 0 spiro atoms. The van der Waals surface area contributed by atoms with Crippen LogP contribution in [0.25, 0.3) is 0 Å². The first-order valence-corrected chi connectivity index (χ1v) is 29.5. The maximum absolute atomic E-state index is 14.5. The molecule has 512 valence electrons. The highest BCUT2D eigenvalue weighted by Gasteiger charge is 2.34. The van der Waals surface area contributed by atoms with Gasteiger partial charge in [0.2, 0.25) is 53.2 Å². The van der Waals surface area contributed by atoms with E-state index in [9.17, 15) is 53.1 Å². The minimum Gasteiger partial charge on any atom is -0.391 e. The Morgan fingerprint density at radius 1 is 0.389 bits per heavy atom. The summed E-state index contributed by atoms with van der Waals surface area (Å²) in [5.74, 6) is -9.40. The van der Waals surface area contributed by atoms with Gasteiger partial charge in [-0.3, -0.25) is 78.3 Å². The highest BCUT2D eigenvalue weighted by Crippen LogP contribution is 2.11. The van der Waals surface area contributed by atoms with Gasteiger partial charge in [0.15, 0.2) is 29.8 Å². The first-order chi connectivity index (χ1) is 42.4. The lowest BCUT2D eigenvalue weighted by atomic mass is 10.0. The van der Waals surface area contributed by atoms with Gasteiger partial charge in [-0.15, -0.1) is 0 Å². The number of nitrogens with two attached hydrogens (primary N) is 13. The molecule has 0 heterocycles. The molecule has 0 aliphatic carbocycles. The van der Waals surface area contributed by atoms with Crippen LogP contribution in [0.5, 0.6) is 0 Å². The Balaban J connectivity index is 7.14. The number of primary amides is 1. The van der Waals surface area contributed by atoms with Gasteiger partial charge < -0.3 is 122 Å². The van der Waals surface area contributed by atoms with Crippen LogP contribution in [0, 0.1) is 0 Å². The molecule has 90 heavy (non-hydrogen) atoms. The Morgan fingerprint density at radius 3 is 1.04 bits per heavy atom. The van der Waals surface area contributed by atoms with Crippen LogP contribution < -0.4 is 122 Å². The second kappa shape index (κ2) is 46.1. The van der Waals surface area contributed by atoms with Crippen molar-refractivity contribution in [1.29, 1.82) is 0 Å². The molecule has 39 heteroatoms. The highest BCUT2D eigenvalue weighted by molar-refractivity contribution is 5.97. The standard InChI is InChI=1S/C51H102N28O11/c1-28(70-41(85)31(71-30(3)81)15-8-21-65-47(55)56)40(84)73-36(18-11-24-68-50(61)62)46(90)78-79(26-12-25-69-51(63)64)27-37(82)72-32(16-9-22-66-48(57)58)42(86)74-33(13-4-6-19-52)43(87)75-34(14-5-7-20-53)44(88)76-35(17-10-23-67-49(59)60)45(89)77-38(29(2)80)39(54)83/h28-29,31-36,38,80H,4-27,52-53H2,1-3H3,(H2,54,83)(H,70,85)(H,71,81)(H,72,82)(H,73,84)(H,74,86)(H,75,87)(H,76,88)(H,77,89)(H,78,90)(H4,55,56,65)(H4,57,58,66)(H4,59,60,67)(H4,61,62,68)(H4,63,64,69)/t28-,29+,31-,32-,33-,34-,35-,36-,38-/m0/s1. The molecule has 0 aromatic heterocycles. The van der Waals surface area contributed by atoms with E-state index in [2.05, 4.69) is 72.9 Å². The fourth-order valence-corrected chi connectivity index (χ4v) is 8.33. The number of aliphatic hydroxyl groups excluding tert-OH is 1. The van der Waals surface area contributed by atoms with E-state index in [1.54, 1.807) is 0 Å². The van der Waals surface area contributed by atoms with Gasteiger partial charge in [0.25, 0.3) is 5.91 Å². The highest BCUT2D eigenvalue weighted by atomic mass is 16.3. The summed E-state index contributed by atoms with van der Waals surface area (Å²) in [5, 5.41) is 31.9. The van der Waals surface area contributed by atoms with Crippen LogP contribution in [0.2, 0.25) is 0 Å². The molecule has 36 N–H and O–H groups in total. The molecule has 0 aromatic rings. The molecule has 0 unspecified atom stereocenters. The van der Waals surface area contributed by atoms with Crippen LogP contribution >= 0.6 is 0 Å². The zero-order chi connectivity index (χ0) is 68.3. The third-order valence-electron chi connectivity index (χ3n) is 12.9. The topological polar surface area (TPSA) is 702 Å². The molecule has 0 saturated heterocycles. The van der Waals surface area contributed by atoms with Crippen molar-refractivity contribution in [3.8, 4) is 0 Å². The first kappa shape index (κ1) is 80.9. The van der Waals surface area contributed by atoms with E-state index in [0.29, 0.717) is 25.7 Å². The summed E-state index contributed by atoms with van der Waals surface area (Å²) in [6.07, 6.45) is 0.605. The Labute approximate surface area is 523 Å². The number of aliphatic imine (C=N–C) groups is 5. The normalized spacial score (nSPS) is 13.8. The summed E-state index contributed by atoms with van der Waals surface area (Å²) in [4.78, 5) is 156. The van der Waals surface area contributed by atoms with Crippen LogP contribution in [0.3, 0.4) is 0 Å². The van der Waals surface area contributed by atoms with E-state index in [1.165, 1.54) is 25.8 Å². The van der Waals surface area contributed by atoms with Gasteiger partial charge in [-0.1, -0.05) is 0 Å². The lowest BCUT2D eigenvalue weighted by Crippen LogP contribution is -2.60. The van der Waals surface area contributed by atoms with Crippen molar-refractivity contribution in [2.24, 2.45) is 99.5 Å². The number of carbonyl (C=O) groups is 10. The number of aliphatic hydroxyl groups is 1. The fraction of sp³-hybridized carbons (Fsp3) is 0.706. The zero-order valence-electron chi connectivity index (χ0n) is 51.9. The molecule has 0 aliphatic heterocycles. The number of rotatable bonds is 48.